The number of ketones is 1. The first-order valence-corrected chi connectivity index (χ1v) is 9.20. The summed E-state index contributed by atoms with van der Waals surface area (Å²) >= 11 is 0. The molecule has 0 bridgehead atoms. The van der Waals surface area contributed by atoms with E-state index < -0.39 is 5.54 Å². The van der Waals surface area contributed by atoms with Crippen LogP contribution in [0.5, 0.6) is 0 Å². The number of carbonyl (C=O) groups excluding carboxylic acids is 1. The molecule has 0 radical (unpaired) electrons. The van der Waals surface area contributed by atoms with Gasteiger partial charge in [-0.25, -0.2) is 0 Å². The molecule has 1 heterocycles. The van der Waals surface area contributed by atoms with E-state index in [1.54, 1.807) is 6.08 Å². The van der Waals surface area contributed by atoms with E-state index in [0.29, 0.717) is 0 Å². The molecule has 0 amide bonds. The molecule has 1 atom stereocenters. The number of benzene rings is 3. The second-order valence-electron chi connectivity index (χ2n) is 7.33. The van der Waals surface area contributed by atoms with Crippen LogP contribution in [0.3, 0.4) is 0 Å². The summed E-state index contributed by atoms with van der Waals surface area (Å²) in [5, 5.41) is 0. The van der Waals surface area contributed by atoms with Gasteiger partial charge in [0.2, 0.25) is 0 Å². The molecular formula is C25H19NO. The van der Waals surface area contributed by atoms with Gasteiger partial charge in [-0.2, -0.15) is 0 Å². The fraction of sp³-hybridized carbons (Fsp3) is 0.120. The Morgan fingerprint density at radius 2 is 1.56 bits per heavy atom. The van der Waals surface area contributed by atoms with Crippen molar-refractivity contribution >= 4 is 11.5 Å². The van der Waals surface area contributed by atoms with Gasteiger partial charge in [0, 0.05) is 22.3 Å². The Morgan fingerprint density at radius 1 is 0.815 bits per heavy atom. The minimum Gasteiger partial charge on any atom is -0.289 e. The van der Waals surface area contributed by atoms with Crippen LogP contribution in [0.1, 0.15) is 43.7 Å². The molecule has 2 nitrogen and oxygen atoms in total. The molecule has 2 aliphatic rings. The van der Waals surface area contributed by atoms with Gasteiger partial charge >= 0.3 is 0 Å². The number of aliphatic imine (C=N–C) groups is 1. The van der Waals surface area contributed by atoms with Crippen molar-refractivity contribution in [1.29, 1.82) is 0 Å². The third-order valence-electron chi connectivity index (χ3n) is 5.60. The highest BCUT2D eigenvalue weighted by Gasteiger charge is 2.44. The van der Waals surface area contributed by atoms with Crippen LogP contribution in [0, 0.1) is 13.8 Å². The molecule has 2 heteroatoms. The van der Waals surface area contributed by atoms with E-state index in [0.717, 1.165) is 28.0 Å². The molecule has 0 aromatic heterocycles. The van der Waals surface area contributed by atoms with Crippen LogP contribution >= 0.6 is 0 Å². The van der Waals surface area contributed by atoms with E-state index in [1.165, 1.54) is 16.7 Å². The van der Waals surface area contributed by atoms with Gasteiger partial charge in [-0.05, 0) is 37.1 Å². The highest BCUT2D eigenvalue weighted by Crippen LogP contribution is 2.47. The molecule has 0 N–H and O–H groups in total. The van der Waals surface area contributed by atoms with Crippen molar-refractivity contribution in [3.63, 3.8) is 0 Å². The van der Waals surface area contributed by atoms with Crippen LogP contribution in [0.25, 0.3) is 0 Å². The van der Waals surface area contributed by atoms with Crippen molar-refractivity contribution in [3.8, 4) is 0 Å². The van der Waals surface area contributed by atoms with Crippen LogP contribution in [-0.2, 0) is 5.54 Å². The van der Waals surface area contributed by atoms with E-state index in [2.05, 4.69) is 56.3 Å². The molecular weight excluding hydrogens is 330 g/mol. The summed E-state index contributed by atoms with van der Waals surface area (Å²) in [6.45, 7) is 4.21. The Labute approximate surface area is 158 Å². The summed E-state index contributed by atoms with van der Waals surface area (Å²) in [6, 6.07) is 22.7. The second-order valence-corrected chi connectivity index (χ2v) is 7.33. The first-order chi connectivity index (χ1) is 13.1. The smallest absolute Gasteiger partial charge is 0.186 e. The van der Waals surface area contributed by atoms with Crippen LogP contribution < -0.4 is 0 Å². The van der Waals surface area contributed by atoms with E-state index in [4.69, 9.17) is 4.99 Å². The molecule has 3 aromatic carbocycles. The van der Waals surface area contributed by atoms with Gasteiger partial charge in [0.25, 0.3) is 0 Å². The van der Waals surface area contributed by atoms with E-state index >= 15 is 0 Å². The average Bonchev–Trinajstić information content (AvgIpc) is 3.02. The lowest BCUT2D eigenvalue weighted by atomic mass is 9.75. The lowest BCUT2D eigenvalue weighted by Gasteiger charge is -2.30. The molecule has 1 aliphatic heterocycles. The van der Waals surface area contributed by atoms with Crippen molar-refractivity contribution in [2.75, 3.05) is 0 Å². The Kier molecular flexibility index (Phi) is 3.32. The van der Waals surface area contributed by atoms with E-state index in [1.807, 2.05) is 30.3 Å². The van der Waals surface area contributed by atoms with Gasteiger partial charge in [0.1, 0.15) is 5.54 Å². The lowest BCUT2D eigenvalue weighted by molar-refractivity contribution is 0.104. The van der Waals surface area contributed by atoms with Gasteiger partial charge < -0.3 is 0 Å². The van der Waals surface area contributed by atoms with Crippen LogP contribution in [0.15, 0.2) is 83.9 Å². The normalized spacial score (nSPS) is 19.8. The molecule has 1 spiro atoms. The highest BCUT2D eigenvalue weighted by atomic mass is 16.1. The van der Waals surface area contributed by atoms with Gasteiger partial charge in [0.05, 0.1) is 5.71 Å². The number of hydrogen-bond donors (Lipinski definition) is 0. The Bertz CT molecular complexity index is 1150. The summed E-state index contributed by atoms with van der Waals surface area (Å²) in [4.78, 5) is 17.7. The molecule has 3 aromatic rings. The van der Waals surface area contributed by atoms with Gasteiger partial charge in [-0.1, -0.05) is 72.3 Å². The first kappa shape index (κ1) is 16.0. The fourth-order valence-corrected chi connectivity index (χ4v) is 4.32. The van der Waals surface area contributed by atoms with Gasteiger partial charge in [-0.3, -0.25) is 9.79 Å². The lowest BCUT2D eigenvalue weighted by Crippen LogP contribution is -2.28. The van der Waals surface area contributed by atoms with Crippen molar-refractivity contribution in [1.82, 2.24) is 0 Å². The number of hydrogen-bond acceptors (Lipinski definition) is 2. The maximum atomic E-state index is 12.5. The van der Waals surface area contributed by atoms with Gasteiger partial charge in [-0.15, -0.1) is 0 Å². The predicted octanol–water partition coefficient (Wildman–Crippen LogP) is 5.15. The minimum absolute atomic E-state index is 0.0466. The zero-order valence-electron chi connectivity index (χ0n) is 15.4. The maximum Gasteiger partial charge on any atom is 0.186 e. The maximum absolute atomic E-state index is 12.5. The average molecular weight is 349 g/mol. The van der Waals surface area contributed by atoms with Crippen LogP contribution in [0.2, 0.25) is 0 Å². The number of aryl methyl sites for hydroxylation is 2. The first-order valence-electron chi connectivity index (χ1n) is 9.20. The van der Waals surface area contributed by atoms with Crippen LogP contribution in [-0.4, -0.2) is 11.5 Å². The van der Waals surface area contributed by atoms with Crippen molar-refractivity contribution < 1.29 is 4.79 Å². The van der Waals surface area contributed by atoms with E-state index in [-0.39, 0.29) is 5.78 Å². The van der Waals surface area contributed by atoms with Crippen molar-refractivity contribution in [3.05, 3.63) is 118 Å². The summed E-state index contributed by atoms with van der Waals surface area (Å²) < 4.78 is 0. The SMILES string of the molecule is Cc1ccc(C2=N[C@@]3(C=CC(=O)c4ccccc43)c3c(C)cccc32)cc1. The Hall–Kier alpha value is -3.26. The molecule has 27 heavy (non-hydrogen) atoms. The molecule has 1 aliphatic carbocycles. The molecule has 0 fully saturated rings. The quantitative estimate of drug-likeness (QED) is 0.597. The topological polar surface area (TPSA) is 29.4 Å². The summed E-state index contributed by atoms with van der Waals surface area (Å²) in [5.41, 5.74) is 7.90. The number of allylic oxidation sites excluding steroid dienone is 1. The molecule has 0 unspecified atom stereocenters. The zero-order chi connectivity index (χ0) is 18.6. The molecule has 0 saturated carbocycles. The third-order valence-corrected chi connectivity index (χ3v) is 5.60. The van der Waals surface area contributed by atoms with Gasteiger partial charge in [0.15, 0.2) is 5.78 Å². The second kappa shape index (κ2) is 5.62. The highest BCUT2D eigenvalue weighted by molar-refractivity contribution is 6.17. The van der Waals surface area contributed by atoms with Crippen LogP contribution in [0.4, 0.5) is 0 Å². The largest absolute Gasteiger partial charge is 0.289 e. The monoisotopic (exact) mass is 349 g/mol. The van der Waals surface area contributed by atoms with E-state index in [9.17, 15) is 4.79 Å². The molecule has 130 valence electrons. The predicted molar refractivity (Wildman–Crippen MR) is 109 cm³/mol. The van der Waals surface area contributed by atoms with Crippen molar-refractivity contribution in [2.45, 2.75) is 19.4 Å². The fourth-order valence-electron chi connectivity index (χ4n) is 4.32. The molecule has 0 saturated heterocycles. The minimum atomic E-state index is -0.634. The summed E-state index contributed by atoms with van der Waals surface area (Å²) in [7, 11) is 0. The standard InChI is InChI=1S/C25H19NO/c1-16-10-12-18(13-11-16)24-20-8-5-6-17(2)23(20)25(26-24)15-14-22(27)19-7-3-4-9-21(19)25/h3-15H,1-2H3/t25-/m1/s1. The van der Waals surface area contributed by atoms with Crippen molar-refractivity contribution in [2.24, 2.45) is 4.99 Å². The Balaban J connectivity index is 1.85. The third kappa shape index (κ3) is 2.20. The zero-order valence-corrected chi connectivity index (χ0v) is 15.4. The summed E-state index contributed by atoms with van der Waals surface area (Å²) in [6.07, 6.45) is 3.66. The number of fused-ring (bicyclic) bond motifs is 4. The number of rotatable bonds is 1. The Morgan fingerprint density at radius 3 is 2.37 bits per heavy atom. The summed E-state index contributed by atoms with van der Waals surface area (Å²) in [5.74, 6) is 0.0466. The number of carbonyl (C=O) groups is 1. The molecule has 5 rings (SSSR count). The number of nitrogens with zero attached hydrogens (tertiary/aromatic N) is 1.